The molecule has 1 fully saturated rings. The summed E-state index contributed by atoms with van der Waals surface area (Å²) in [5.41, 5.74) is 0.427. The second-order valence-corrected chi connectivity index (χ2v) is 7.41. The van der Waals surface area contributed by atoms with Crippen LogP contribution in [0.15, 0.2) is 18.2 Å². The van der Waals surface area contributed by atoms with Crippen molar-refractivity contribution in [3.63, 3.8) is 0 Å². The highest BCUT2D eigenvalue weighted by Gasteiger charge is 2.25. The van der Waals surface area contributed by atoms with Crippen molar-refractivity contribution < 1.29 is 24.2 Å². The number of rotatable bonds is 4. The fourth-order valence-corrected chi connectivity index (χ4v) is 2.69. The molecule has 1 aliphatic heterocycles. The third-order valence-corrected chi connectivity index (χ3v) is 4.33. The standard InChI is InChI=1S/C19H27N3O5/c1-5-27-18(26)22-10-8-21(9-11-22)13-6-7-15(14(12-13)16(23)24)20-17(25)19(2,3)4/h6-7,12H,5,8-11H2,1-4H3,(H,20,25)(H,23,24). The Morgan fingerprint density at radius 3 is 2.30 bits per heavy atom. The predicted octanol–water partition coefficient (Wildman–Crippen LogP) is 2.65. The van der Waals surface area contributed by atoms with Gasteiger partial charge in [-0.3, -0.25) is 4.79 Å². The van der Waals surface area contributed by atoms with Gasteiger partial charge in [-0.25, -0.2) is 9.59 Å². The van der Waals surface area contributed by atoms with Crippen LogP contribution < -0.4 is 10.2 Å². The number of hydrogen-bond acceptors (Lipinski definition) is 5. The molecule has 2 amide bonds. The van der Waals surface area contributed by atoms with Crippen LogP contribution in [0.3, 0.4) is 0 Å². The SMILES string of the molecule is CCOC(=O)N1CCN(c2ccc(NC(=O)C(C)(C)C)c(C(=O)O)c2)CC1. The van der Waals surface area contributed by atoms with Crippen LogP contribution in [-0.4, -0.2) is 60.8 Å². The van der Waals surface area contributed by atoms with Crippen molar-refractivity contribution in [3.05, 3.63) is 23.8 Å². The molecule has 2 N–H and O–H groups in total. The summed E-state index contributed by atoms with van der Waals surface area (Å²) >= 11 is 0. The molecule has 0 bridgehead atoms. The summed E-state index contributed by atoms with van der Waals surface area (Å²) in [7, 11) is 0. The van der Waals surface area contributed by atoms with E-state index in [1.54, 1.807) is 50.8 Å². The molecule has 1 aliphatic rings. The molecule has 0 aromatic heterocycles. The molecule has 0 unspecified atom stereocenters. The zero-order valence-corrected chi connectivity index (χ0v) is 16.2. The molecule has 0 saturated carbocycles. The van der Waals surface area contributed by atoms with Gasteiger partial charge in [-0.2, -0.15) is 0 Å². The van der Waals surface area contributed by atoms with Gasteiger partial charge in [0.1, 0.15) is 0 Å². The molecule has 1 aromatic rings. The zero-order valence-electron chi connectivity index (χ0n) is 16.2. The van der Waals surface area contributed by atoms with Crippen molar-refractivity contribution in [1.82, 2.24) is 4.90 Å². The molecule has 148 valence electrons. The number of carboxylic acids is 1. The molecule has 8 nitrogen and oxygen atoms in total. The number of amides is 2. The van der Waals surface area contributed by atoms with Crippen molar-refractivity contribution in [3.8, 4) is 0 Å². The molecular formula is C19H27N3O5. The Morgan fingerprint density at radius 2 is 1.78 bits per heavy atom. The summed E-state index contributed by atoms with van der Waals surface area (Å²) in [4.78, 5) is 39.3. The zero-order chi connectivity index (χ0) is 20.2. The van der Waals surface area contributed by atoms with E-state index in [2.05, 4.69) is 5.32 Å². The summed E-state index contributed by atoms with van der Waals surface area (Å²) < 4.78 is 5.00. The molecular weight excluding hydrogens is 350 g/mol. The van der Waals surface area contributed by atoms with Crippen LogP contribution in [0.25, 0.3) is 0 Å². The van der Waals surface area contributed by atoms with Crippen LogP contribution in [-0.2, 0) is 9.53 Å². The third-order valence-electron chi connectivity index (χ3n) is 4.33. The quantitative estimate of drug-likeness (QED) is 0.837. The van der Waals surface area contributed by atoms with Gasteiger partial charge >= 0.3 is 12.1 Å². The first-order valence-corrected chi connectivity index (χ1v) is 8.99. The second-order valence-electron chi connectivity index (χ2n) is 7.41. The van der Waals surface area contributed by atoms with E-state index < -0.39 is 11.4 Å². The Balaban J connectivity index is 2.13. The highest BCUT2D eigenvalue weighted by atomic mass is 16.6. The first-order chi connectivity index (χ1) is 12.6. The monoisotopic (exact) mass is 377 g/mol. The summed E-state index contributed by atoms with van der Waals surface area (Å²) in [5, 5.41) is 12.2. The topological polar surface area (TPSA) is 99.2 Å². The number of anilines is 2. The van der Waals surface area contributed by atoms with Gasteiger partial charge in [0, 0.05) is 37.3 Å². The van der Waals surface area contributed by atoms with Crippen LogP contribution in [0.1, 0.15) is 38.1 Å². The van der Waals surface area contributed by atoms with Gasteiger partial charge in [0.25, 0.3) is 0 Å². The van der Waals surface area contributed by atoms with Crippen molar-refractivity contribution in [2.75, 3.05) is 43.0 Å². The number of ether oxygens (including phenoxy) is 1. The number of nitrogens with zero attached hydrogens (tertiary/aromatic N) is 2. The van der Waals surface area contributed by atoms with Crippen LogP contribution in [0, 0.1) is 5.41 Å². The van der Waals surface area contributed by atoms with E-state index in [0.29, 0.717) is 32.8 Å². The Bertz CT molecular complexity index is 719. The van der Waals surface area contributed by atoms with Gasteiger partial charge in [0.05, 0.1) is 17.9 Å². The van der Waals surface area contributed by atoms with Crippen molar-refractivity contribution in [2.45, 2.75) is 27.7 Å². The lowest BCUT2D eigenvalue weighted by Crippen LogP contribution is -2.49. The Labute approximate surface area is 159 Å². The average molecular weight is 377 g/mol. The molecule has 2 rings (SSSR count). The molecule has 0 aliphatic carbocycles. The number of hydrogen-bond donors (Lipinski definition) is 2. The average Bonchev–Trinajstić information content (AvgIpc) is 2.61. The minimum atomic E-state index is -1.11. The fraction of sp³-hybridized carbons (Fsp3) is 0.526. The smallest absolute Gasteiger partial charge is 0.409 e. The van der Waals surface area contributed by atoms with Crippen LogP contribution in [0.4, 0.5) is 16.2 Å². The first kappa shape index (κ1) is 20.5. The summed E-state index contributed by atoms with van der Waals surface area (Å²) in [6.45, 7) is 9.55. The van der Waals surface area contributed by atoms with E-state index in [-0.39, 0.29) is 23.3 Å². The van der Waals surface area contributed by atoms with E-state index in [4.69, 9.17) is 4.74 Å². The maximum Gasteiger partial charge on any atom is 0.409 e. The van der Waals surface area contributed by atoms with Gasteiger partial charge in [0.15, 0.2) is 0 Å². The molecule has 1 saturated heterocycles. The number of carbonyl (C=O) groups excluding carboxylic acids is 2. The van der Waals surface area contributed by atoms with Crippen LogP contribution >= 0.6 is 0 Å². The number of carbonyl (C=O) groups is 3. The number of aromatic carboxylic acids is 1. The Hall–Kier alpha value is -2.77. The van der Waals surface area contributed by atoms with Gasteiger partial charge in [-0.1, -0.05) is 20.8 Å². The fourth-order valence-electron chi connectivity index (χ4n) is 2.69. The van der Waals surface area contributed by atoms with Gasteiger partial charge in [-0.15, -0.1) is 0 Å². The lowest BCUT2D eigenvalue weighted by atomic mass is 9.95. The van der Waals surface area contributed by atoms with E-state index >= 15 is 0 Å². The van der Waals surface area contributed by atoms with Crippen molar-refractivity contribution in [1.29, 1.82) is 0 Å². The van der Waals surface area contributed by atoms with E-state index in [1.165, 1.54) is 0 Å². The Morgan fingerprint density at radius 1 is 1.15 bits per heavy atom. The molecule has 8 heteroatoms. The first-order valence-electron chi connectivity index (χ1n) is 8.99. The van der Waals surface area contributed by atoms with E-state index in [1.807, 2.05) is 4.90 Å². The van der Waals surface area contributed by atoms with E-state index in [0.717, 1.165) is 5.69 Å². The number of nitrogens with one attached hydrogen (secondary N) is 1. The normalized spacial score (nSPS) is 14.7. The molecule has 0 atom stereocenters. The minimum absolute atomic E-state index is 0.0397. The largest absolute Gasteiger partial charge is 0.478 e. The molecule has 0 spiro atoms. The molecule has 0 radical (unpaired) electrons. The van der Waals surface area contributed by atoms with Crippen LogP contribution in [0.2, 0.25) is 0 Å². The number of piperazine rings is 1. The summed E-state index contributed by atoms with van der Waals surface area (Å²) in [6, 6.07) is 4.95. The number of benzene rings is 1. The van der Waals surface area contributed by atoms with Gasteiger partial charge in [0.2, 0.25) is 5.91 Å². The lowest BCUT2D eigenvalue weighted by molar-refractivity contribution is -0.123. The predicted molar refractivity (Wildman–Crippen MR) is 102 cm³/mol. The Kier molecular flexibility index (Phi) is 6.30. The summed E-state index contributed by atoms with van der Waals surface area (Å²) in [6.07, 6.45) is -0.330. The highest BCUT2D eigenvalue weighted by Crippen LogP contribution is 2.26. The maximum atomic E-state index is 12.2. The minimum Gasteiger partial charge on any atom is -0.478 e. The lowest BCUT2D eigenvalue weighted by Gasteiger charge is -2.35. The van der Waals surface area contributed by atoms with E-state index in [9.17, 15) is 19.5 Å². The van der Waals surface area contributed by atoms with Crippen LogP contribution in [0.5, 0.6) is 0 Å². The molecule has 27 heavy (non-hydrogen) atoms. The van der Waals surface area contributed by atoms with Gasteiger partial charge in [-0.05, 0) is 25.1 Å². The molecule has 1 heterocycles. The summed E-state index contributed by atoms with van der Waals surface area (Å²) in [5.74, 6) is -1.35. The highest BCUT2D eigenvalue weighted by molar-refractivity contribution is 6.02. The van der Waals surface area contributed by atoms with Crippen molar-refractivity contribution >= 4 is 29.3 Å². The molecule has 1 aromatic carbocycles. The maximum absolute atomic E-state index is 12.2. The van der Waals surface area contributed by atoms with Gasteiger partial charge < -0.3 is 25.0 Å². The third kappa shape index (κ3) is 5.12. The van der Waals surface area contributed by atoms with Crippen molar-refractivity contribution in [2.24, 2.45) is 5.41 Å². The number of carboxylic acid groups (broad SMARTS) is 1. The second kappa shape index (κ2) is 8.28.